The Bertz CT molecular complexity index is 1040. The molecule has 3 N–H and O–H groups in total. The summed E-state index contributed by atoms with van der Waals surface area (Å²) in [6.45, 7) is 0.176. The van der Waals surface area contributed by atoms with E-state index in [2.05, 4.69) is 15.6 Å². The highest BCUT2D eigenvalue weighted by atomic mass is 16.2. The maximum Gasteiger partial charge on any atom is 0.325 e. The molecular weight excluding hydrogens is 368 g/mol. The van der Waals surface area contributed by atoms with Crippen molar-refractivity contribution in [2.45, 2.75) is 18.9 Å². The van der Waals surface area contributed by atoms with Crippen molar-refractivity contribution in [3.8, 4) is 0 Å². The molecule has 1 fully saturated rings. The number of amides is 4. The number of hydrogen-bond donors (Lipinski definition) is 3. The number of carbonyl (C=O) groups excluding carboxylic acids is 3. The molecule has 0 aliphatic carbocycles. The zero-order valence-electron chi connectivity index (χ0n) is 15.9. The Morgan fingerprint density at radius 2 is 1.79 bits per heavy atom. The van der Waals surface area contributed by atoms with E-state index in [1.54, 1.807) is 0 Å². The molecule has 7 heteroatoms. The van der Waals surface area contributed by atoms with Crippen molar-refractivity contribution in [1.29, 1.82) is 0 Å². The molecule has 0 saturated carbocycles. The van der Waals surface area contributed by atoms with Crippen LogP contribution in [-0.2, 0) is 22.4 Å². The van der Waals surface area contributed by atoms with Crippen LogP contribution in [0.5, 0.6) is 0 Å². The van der Waals surface area contributed by atoms with Gasteiger partial charge in [0.2, 0.25) is 5.91 Å². The summed E-state index contributed by atoms with van der Waals surface area (Å²) in [6.07, 6.45) is 2.92. The van der Waals surface area contributed by atoms with Crippen molar-refractivity contribution in [1.82, 2.24) is 20.5 Å². The number of benzene rings is 2. The molecule has 1 saturated heterocycles. The van der Waals surface area contributed by atoms with Gasteiger partial charge in [-0.05, 0) is 23.6 Å². The molecule has 1 aliphatic heterocycles. The summed E-state index contributed by atoms with van der Waals surface area (Å²) in [7, 11) is 0. The van der Waals surface area contributed by atoms with Crippen LogP contribution in [0.2, 0.25) is 0 Å². The Hall–Kier alpha value is -3.61. The second-order valence-electron chi connectivity index (χ2n) is 7.08. The Kier molecular flexibility index (Phi) is 5.29. The normalized spacial score (nSPS) is 16.3. The van der Waals surface area contributed by atoms with Crippen molar-refractivity contribution in [2.24, 2.45) is 0 Å². The molecule has 2 heterocycles. The van der Waals surface area contributed by atoms with Gasteiger partial charge in [-0.1, -0.05) is 48.5 Å². The third kappa shape index (κ3) is 4.13. The van der Waals surface area contributed by atoms with Gasteiger partial charge in [0.25, 0.3) is 5.91 Å². The summed E-state index contributed by atoms with van der Waals surface area (Å²) < 4.78 is 0. The Morgan fingerprint density at radius 3 is 2.62 bits per heavy atom. The van der Waals surface area contributed by atoms with Crippen molar-refractivity contribution in [3.63, 3.8) is 0 Å². The van der Waals surface area contributed by atoms with Gasteiger partial charge in [0.1, 0.15) is 12.6 Å². The van der Waals surface area contributed by atoms with Crippen LogP contribution in [0.25, 0.3) is 10.9 Å². The van der Waals surface area contributed by atoms with Crippen LogP contribution < -0.4 is 10.6 Å². The number of H-pyrrole nitrogens is 1. The van der Waals surface area contributed by atoms with Crippen LogP contribution in [0, 0.1) is 0 Å². The quantitative estimate of drug-likeness (QED) is 0.539. The zero-order valence-corrected chi connectivity index (χ0v) is 15.9. The van der Waals surface area contributed by atoms with Crippen molar-refractivity contribution < 1.29 is 14.4 Å². The Balaban J connectivity index is 1.32. The number of nitrogens with zero attached hydrogens (tertiary/aromatic N) is 1. The minimum Gasteiger partial charge on any atom is -0.361 e. The summed E-state index contributed by atoms with van der Waals surface area (Å²) in [6, 6.07) is 16.4. The minimum absolute atomic E-state index is 0.274. The van der Waals surface area contributed by atoms with E-state index in [1.807, 2.05) is 60.8 Å². The lowest BCUT2D eigenvalue weighted by Crippen LogP contribution is -2.41. The maximum atomic E-state index is 12.7. The number of hydrogen-bond acceptors (Lipinski definition) is 3. The van der Waals surface area contributed by atoms with Gasteiger partial charge in [0.05, 0.1) is 0 Å². The third-order valence-electron chi connectivity index (χ3n) is 5.09. The monoisotopic (exact) mass is 390 g/mol. The second kappa shape index (κ2) is 8.18. The first-order valence-electron chi connectivity index (χ1n) is 9.59. The SMILES string of the molecule is O=C(CN1C(=O)N[C@@H](Cc2c[nH]c3ccccc23)C1=O)NCCc1ccccc1. The first kappa shape index (κ1) is 18.7. The number of rotatable bonds is 7. The van der Waals surface area contributed by atoms with Gasteiger partial charge in [0.15, 0.2) is 0 Å². The predicted octanol–water partition coefficient (Wildman–Crippen LogP) is 1.99. The van der Waals surface area contributed by atoms with E-state index in [0.29, 0.717) is 19.4 Å². The van der Waals surface area contributed by atoms with Crippen molar-refractivity contribution >= 4 is 28.7 Å². The molecule has 4 rings (SSSR count). The molecular formula is C22H22N4O3. The first-order chi connectivity index (χ1) is 14.1. The number of para-hydroxylation sites is 1. The molecule has 0 unspecified atom stereocenters. The van der Waals surface area contributed by atoms with Crippen LogP contribution in [-0.4, -0.2) is 46.9 Å². The molecule has 148 valence electrons. The van der Waals surface area contributed by atoms with E-state index in [-0.39, 0.29) is 18.4 Å². The van der Waals surface area contributed by atoms with Crippen LogP contribution in [0.15, 0.2) is 60.8 Å². The summed E-state index contributed by atoms with van der Waals surface area (Å²) in [5.74, 6) is -0.726. The van der Waals surface area contributed by atoms with E-state index in [4.69, 9.17) is 0 Å². The third-order valence-corrected chi connectivity index (χ3v) is 5.09. The first-order valence-corrected chi connectivity index (χ1v) is 9.59. The highest BCUT2D eigenvalue weighted by Crippen LogP contribution is 2.21. The summed E-state index contributed by atoms with van der Waals surface area (Å²) in [5.41, 5.74) is 3.05. The highest BCUT2D eigenvalue weighted by Gasteiger charge is 2.39. The van der Waals surface area contributed by atoms with Gasteiger partial charge in [-0.3, -0.25) is 14.5 Å². The lowest BCUT2D eigenvalue weighted by Gasteiger charge is -2.13. The van der Waals surface area contributed by atoms with E-state index >= 15 is 0 Å². The number of carbonyl (C=O) groups is 3. The number of fused-ring (bicyclic) bond motifs is 1. The topological polar surface area (TPSA) is 94.3 Å². The smallest absolute Gasteiger partial charge is 0.325 e. The maximum absolute atomic E-state index is 12.7. The van der Waals surface area contributed by atoms with E-state index in [1.165, 1.54) is 0 Å². The summed E-state index contributed by atoms with van der Waals surface area (Å²) in [5, 5.41) is 6.47. The van der Waals surface area contributed by atoms with Gasteiger partial charge in [-0.15, -0.1) is 0 Å². The molecule has 4 amide bonds. The minimum atomic E-state index is -0.668. The molecule has 1 aliphatic rings. The molecule has 29 heavy (non-hydrogen) atoms. The van der Waals surface area contributed by atoms with E-state index in [0.717, 1.165) is 26.9 Å². The second-order valence-corrected chi connectivity index (χ2v) is 7.08. The Morgan fingerprint density at radius 1 is 1.03 bits per heavy atom. The molecule has 1 aromatic heterocycles. The predicted molar refractivity (Wildman–Crippen MR) is 109 cm³/mol. The summed E-state index contributed by atoms with van der Waals surface area (Å²) >= 11 is 0. The van der Waals surface area contributed by atoms with Crippen LogP contribution in [0.4, 0.5) is 4.79 Å². The number of nitrogens with one attached hydrogen (secondary N) is 3. The fraction of sp³-hybridized carbons (Fsp3) is 0.227. The lowest BCUT2D eigenvalue weighted by atomic mass is 10.1. The molecule has 3 aromatic rings. The van der Waals surface area contributed by atoms with Gasteiger partial charge < -0.3 is 15.6 Å². The standard InChI is InChI=1S/C22H22N4O3/c27-20(23-11-10-15-6-2-1-3-7-15)14-26-21(28)19(25-22(26)29)12-16-13-24-18-9-5-4-8-17(16)18/h1-9,13,19,24H,10-12,14H2,(H,23,27)(H,25,29)/t19-/m0/s1. The van der Waals surface area contributed by atoms with Crippen LogP contribution in [0.1, 0.15) is 11.1 Å². The fourth-order valence-electron chi connectivity index (χ4n) is 3.58. The van der Waals surface area contributed by atoms with E-state index < -0.39 is 12.1 Å². The molecule has 0 bridgehead atoms. The van der Waals surface area contributed by atoms with Crippen LogP contribution in [0.3, 0.4) is 0 Å². The highest BCUT2D eigenvalue weighted by molar-refractivity contribution is 6.06. The molecule has 7 nitrogen and oxygen atoms in total. The Labute approximate surface area is 168 Å². The average molecular weight is 390 g/mol. The van der Waals surface area contributed by atoms with Gasteiger partial charge >= 0.3 is 6.03 Å². The number of aromatic amines is 1. The van der Waals surface area contributed by atoms with Crippen LogP contribution >= 0.6 is 0 Å². The molecule has 1 atom stereocenters. The molecule has 0 radical (unpaired) electrons. The molecule has 0 spiro atoms. The number of imide groups is 1. The number of aromatic nitrogens is 1. The van der Waals surface area contributed by atoms with Gasteiger partial charge in [0, 0.05) is 30.1 Å². The van der Waals surface area contributed by atoms with Crippen molar-refractivity contribution in [3.05, 3.63) is 71.9 Å². The largest absolute Gasteiger partial charge is 0.361 e. The fourth-order valence-corrected chi connectivity index (χ4v) is 3.58. The summed E-state index contributed by atoms with van der Waals surface area (Å²) in [4.78, 5) is 41.2. The van der Waals surface area contributed by atoms with E-state index in [9.17, 15) is 14.4 Å². The van der Waals surface area contributed by atoms with Gasteiger partial charge in [-0.2, -0.15) is 0 Å². The van der Waals surface area contributed by atoms with Gasteiger partial charge in [-0.25, -0.2) is 4.79 Å². The lowest BCUT2D eigenvalue weighted by molar-refractivity contribution is -0.132. The number of urea groups is 1. The average Bonchev–Trinajstić information content (AvgIpc) is 3.25. The molecule has 2 aromatic carbocycles. The zero-order chi connectivity index (χ0) is 20.2. The van der Waals surface area contributed by atoms with Crippen molar-refractivity contribution in [2.75, 3.05) is 13.1 Å².